The lowest BCUT2D eigenvalue weighted by molar-refractivity contribution is -0.140. The van der Waals surface area contributed by atoms with E-state index in [0.29, 0.717) is 6.61 Å². The number of rotatable bonds is 9. The zero-order valence-electron chi connectivity index (χ0n) is 11.1. The Balaban J connectivity index is 3.59. The van der Waals surface area contributed by atoms with Crippen LogP contribution in [0.2, 0.25) is 0 Å². The molecule has 0 fully saturated rings. The summed E-state index contributed by atoms with van der Waals surface area (Å²) in [4.78, 5) is 10.7. The Kier molecular flexibility index (Phi) is 10.2. The average Bonchev–Trinajstić information content (AvgIpc) is 2.27. The van der Waals surface area contributed by atoms with E-state index in [1.54, 1.807) is 0 Å². The topological polar surface area (TPSA) is 26.3 Å². The normalized spacial score (nSPS) is 11.6. The third-order valence-electron chi connectivity index (χ3n) is 2.66. The molecule has 0 rings (SSSR count). The summed E-state index contributed by atoms with van der Waals surface area (Å²) in [5.41, 5.74) is 1.24. The molecule has 0 aromatic carbocycles. The number of carbonyl (C=O) groups is 1. The maximum Gasteiger partial charge on any atom is 0.302 e. The van der Waals surface area contributed by atoms with E-state index in [1.807, 2.05) is 0 Å². The van der Waals surface area contributed by atoms with Gasteiger partial charge < -0.3 is 4.74 Å². The predicted octanol–water partition coefficient (Wildman–Crippen LogP) is 4.25. The second kappa shape index (κ2) is 10.7. The fourth-order valence-corrected chi connectivity index (χ4v) is 1.55. The van der Waals surface area contributed by atoms with Gasteiger partial charge in [0.15, 0.2) is 0 Å². The van der Waals surface area contributed by atoms with Crippen LogP contribution in [-0.2, 0) is 9.53 Å². The SMILES string of the molecule is CCCCCCCC=C(CC)COC(C)=O. The lowest BCUT2D eigenvalue weighted by Gasteiger charge is -2.05. The largest absolute Gasteiger partial charge is 0.461 e. The van der Waals surface area contributed by atoms with Crippen LogP contribution in [0.1, 0.15) is 65.7 Å². The Morgan fingerprint density at radius 2 is 1.81 bits per heavy atom. The second-order valence-electron chi connectivity index (χ2n) is 4.20. The molecular weight excluding hydrogens is 200 g/mol. The molecule has 2 heteroatoms. The Morgan fingerprint density at radius 3 is 2.38 bits per heavy atom. The van der Waals surface area contributed by atoms with E-state index in [4.69, 9.17) is 4.74 Å². The summed E-state index contributed by atoms with van der Waals surface area (Å²) in [6, 6.07) is 0. The second-order valence-corrected chi connectivity index (χ2v) is 4.20. The maximum atomic E-state index is 10.7. The number of hydrogen-bond donors (Lipinski definition) is 0. The molecular formula is C14H26O2. The molecule has 0 aliphatic rings. The van der Waals surface area contributed by atoms with Crippen LogP contribution >= 0.6 is 0 Å². The molecule has 0 bridgehead atoms. The molecule has 16 heavy (non-hydrogen) atoms. The van der Waals surface area contributed by atoms with Gasteiger partial charge in [-0.3, -0.25) is 4.79 Å². The number of carbonyl (C=O) groups excluding carboxylic acids is 1. The van der Waals surface area contributed by atoms with Gasteiger partial charge in [0.1, 0.15) is 6.61 Å². The van der Waals surface area contributed by atoms with Gasteiger partial charge >= 0.3 is 5.97 Å². The van der Waals surface area contributed by atoms with Crippen LogP contribution in [0, 0.1) is 0 Å². The lowest BCUT2D eigenvalue weighted by Crippen LogP contribution is -2.02. The van der Waals surface area contributed by atoms with Gasteiger partial charge in [0, 0.05) is 6.92 Å². The van der Waals surface area contributed by atoms with Gasteiger partial charge in [-0.05, 0) is 24.8 Å². The molecule has 2 nitrogen and oxygen atoms in total. The highest BCUT2D eigenvalue weighted by Crippen LogP contribution is 2.09. The van der Waals surface area contributed by atoms with Crippen molar-refractivity contribution in [2.24, 2.45) is 0 Å². The van der Waals surface area contributed by atoms with E-state index in [-0.39, 0.29) is 5.97 Å². The van der Waals surface area contributed by atoms with E-state index in [1.165, 1.54) is 44.6 Å². The van der Waals surface area contributed by atoms with E-state index in [2.05, 4.69) is 19.9 Å². The molecule has 0 atom stereocenters. The summed E-state index contributed by atoms with van der Waals surface area (Å²) in [5.74, 6) is -0.192. The molecule has 0 spiro atoms. The lowest BCUT2D eigenvalue weighted by atomic mass is 10.1. The minimum absolute atomic E-state index is 0.192. The summed E-state index contributed by atoms with van der Waals surface area (Å²) in [7, 11) is 0. The van der Waals surface area contributed by atoms with Gasteiger partial charge in [0.05, 0.1) is 0 Å². The first-order valence-electron chi connectivity index (χ1n) is 6.52. The van der Waals surface area contributed by atoms with E-state index >= 15 is 0 Å². The van der Waals surface area contributed by atoms with Crippen molar-refractivity contribution in [3.63, 3.8) is 0 Å². The van der Waals surface area contributed by atoms with Crippen LogP contribution in [0.15, 0.2) is 11.6 Å². The summed E-state index contributed by atoms with van der Waals surface area (Å²) in [6.07, 6.45) is 10.9. The van der Waals surface area contributed by atoms with Crippen LogP contribution in [0.4, 0.5) is 0 Å². The molecule has 94 valence electrons. The van der Waals surface area contributed by atoms with Crippen molar-refractivity contribution in [1.29, 1.82) is 0 Å². The highest BCUT2D eigenvalue weighted by molar-refractivity contribution is 5.66. The van der Waals surface area contributed by atoms with E-state index in [0.717, 1.165) is 12.8 Å². The fourth-order valence-electron chi connectivity index (χ4n) is 1.55. The third kappa shape index (κ3) is 9.75. The van der Waals surface area contributed by atoms with E-state index in [9.17, 15) is 4.79 Å². The van der Waals surface area contributed by atoms with Crippen LogP contribution in [0.3, 0.4) is 0 Å². The van der Waals surface area contributed by atoms with Crippen molar-refractivity contribution < 1.29 is 9.53 Å². The first-order chi connectivity index (χ1) is 7.70. The zero-order valence-corrected chi connectivity index (χ0v) is 11.1. The summed E-state index contributed by atoms with van der Waals surface area (Å²) >= 11 is 0. The molecule has 0 aromatic heterocycles. The van der Waals surface area contributed by atoms with Gasteiger partial charge in [0.2, 0.25) is 0 Å². The molecule has 0 aliphatic heterocycles. The smallest absolute Gasteiger partial charge is 0.302 e. The molecule has 0 heterocycles. The first kappa shape index (κ1) is 15.2. The number of hydrogen-bond acceptors (Lipinski definition) is 2. The Morgan fingerprint density at radius 1 is 1.12 bits per heavy atom. The van der Waals surface area contributed by atoms with Crippen molar-refractivity contribution in [2.75, 3.05) is 6.61 Å². The Bertz CT molecular complexity index is 207. The Labute approximate surface area is 100 Å². The van der Waals surface area contributed by atoms with Crippen molar-refractivity contribution in [3.05, 3.63) is 11.6 Å². The summed E-state index contributed by atoms with van der Waals surface area (Å²) < 4.78 is 4.98. The Hall–Kier alpha value is -0.790. The van der Waals surface area contributed by atoms with Gasteiger partial charge in [0.25, 0.3) is 0 Å². The number of ether oxygens (including phenoxy) is 1. The summed E-state index contributed by atoms with van der Waals surface area (Å²) in [6.45, 7) is 6.26. The number of esters is 1. The van der Waals surface area contributed by atoms with Crippen LogP contribution in [0.25, 0.3) is 0 Å². The molecule has 0 unspecified atom stereocenters. The summed E-state index contributed by atoms with van der Waals surface area (Å²) in [5, 5.41) is 0. The number of unbranched alkanes of at least 4 members (excludes halogenated alkanes) is 5. The number of allylic oxidation sites excluding steroid dienone is 1. The molecule has 0 amide bonds. The molecule has 0 aliphatic carbocycles. The zero-order chi connectivity index (χ0) is 12.2. The van der Waals surface area contributed by atoms with Gasteiger partial charge in [-0.15, -0.1) is 0 Å². The van der Waals surface area contributed by atoms with Crippen LogP contribution in [0.5, 0.6) is 0 Å². The van der Waals surface area contributed by atoms with Crippen LogP contribution in [-0.4, -0.2) is 12.6 Å². The standard InChI is InChI=1S/C14H26O2/c1-4-6-7-8-9-10-11-14(5-2)12-16-13(3)15/h11H,4-10,12H2,1-3H3. The van der Waals surface area contributed by atoms with E-state index < -0.39 is 0 Å². The molecule has 0 N–H and O–H groups in total. The molecule has 0 saturated carbocycles. The van der Waals surface area contributed by atoms with Crippen molar-refractivity contribution in [1.82, 2.24) is 0 Å². The molecule has 0 radical (unpaired) electrons. The monoisotopic (exact) mass is 226 g/mol. The van der Waals surface area contributed by atoms with Crippen molar-refractivity contribution >= 4 is 5.97 Å². The van der Waals surface area contributed by atoms with Gasteiger partial charge in [-0.25, -0.2) is 0 Å². The first-order valence-corrected chi connectivity index (χ1v) is 6.52. The van der Waals surface area contributed by atoms with Crippen LogP contribution < -0.4 is 0 Å². The minimum Gasteiger partial charge on any atom is -0.461 e. The average molecular weight is 226 g/mol. The minimum atomic E-state index is -0.192. The van der Waals surface area contributed by atoms with Gasteiger partial charge in [-0.1, -0.05) is 45.6 Å². The maximum absolute atomic E-state index is 10.7. The van der Waals surface area contributed by atoms with Gasteiger partial charge in [-0.2, -0.15) is 0 Å². The third-order valence-corrected chi connectivity index (χ3v) is 2.66. The van der Waals surface area contributed by atoms with Crippen molar-refractivity contribution in [3.8, 4) is 0 Å². The van der Waals surface area contributed by atoms with Crippen molar-refractivity contribution in [2.45, 2.75) is 65.7 Å². The fraction of sp³-hybridized carbons (Fsp3) is 0.786. The highest BCUT2D eigenvalue weighted by atomic mass is 16.5. The quantitative estimate of drug-likeness (QED) is 0.334. The molecule has 0 aromatic rings. The predicted molar refractivity (Wildman–Crippen MR) is 68.4 cm³/mol. The molecule has 0 saturated heterocycles. The highest BCUT2D eigenvalue weighted by Gasteiger charge is 1.97.